The van der Waals surface area contributed by atoms with Crippen molar-refractivity contribution >= 4 is 36.4 Å². The Hall–Kier alpha value is -4.98. The van der Waals surface area contributed by atoms with Gasteiger partial charge in [-0.2, -0.15) is 10.2 Å². The first-order valence-electron chi connectivity index (χ1n) is 13.6. The molecule has 3 aromatic rings. The van der Waals surface area contributed by atoms with E-state index in [2.05, 4.69) is 21.1 Å². The van der Waals surface area contributed by atoms with Crippen LogP contribution >= 0.6 is 0 Å². The van der Waals surface area contributed by atoms with Crippen LogP contribution in [0.5, 0.6) is 11.5 Å². The van der Waals surface area contributed by atoms with Gasteiger partial charge in [0.1, 0.15) is 11.5 Å². The Morgan fingerprint density at radius 2 is 1.00 bits per heavy atom. The van der Waals surface area contributed by atoms with Crippen molar-refractivity contribution in [3.05, 3.63) is 105 Å². The lowest BCUT2D eigenvalue weighted by Crippen LogP contribution is -2.24. The lowest BCUT2D eigenvalue weighted by Gasteiger charge is -2.07. The van der Waals surface area contributed by atoms with E-state index in [9.17, 15) is 9.59 Å². The molecule has 0 unspecified atom stereocenters. The molecule has 0 radical (unpaired) electrons. The van der Waals surface area contributed by atoms with Crippen LogP contribution in [-0.4, -0.2) is 37.5 Å². The standard InChI is InChI=1S/C34H38N4O4/c1-23(19-35-37-33(39)21-41-31-13-7-25(3)27(5)17-31)15-29-9-11-30(12-10-29)16-24(2)20-36-38-34(40)22-42-32-14-8-26(4)28(6)18-32/h7-20H,21-22H2,1-6H3,(H,37,39)(H,38,40)/b23-15+,24-16+,35-19-,36-20-. The first kappa shape index (κ1) is 31.5. The Morgan fingerprint density at radius 1 is 0.619 bits per heavy atom. The average Bonchev–Trinajstić information content (AvgIpc) is 2.95. The third-order valence-electron chi connectivity index (χ3n) is 6.34. The predicted molar refractivity (Wildman–Crippen MR) is 170 cm³/mol. The summed E-state index contributed by atoms with van der Waals surface area (Å²) in [6, 6.07) is 19.3. The summed E-state index contributed by atoms with van der Waals surface area (Å²) < 4.78 is 11.0. The number of hydrazone groups is 2. The van der Waals surface area contributed by atoms with Crippen LogP contribution < -0.4 is 20.3 Å². The zero-order chi connectivity index (χ0) is 30.5. The molecule has 0 fully saturated rings. The summed E-state index contributed by atoms with van der Waals surface area (Å²) in [7, 11) is 0. The van der Waals surface area contributed by atoms with Gasteiger partial charge in [-0.1, -0.05) is 48.6 Å². The summed E-state index contributed by atoms with van der Waals surface area (Å²) in [4.78, 5) is 24.0. The van der Waals surface area contributed by atoms with Gasteiger partial charge in [-0.15, -0.1) is 0 Å². The first-order chi connectivity index (χ1) is 20.1. The second kappa shape index (κ2) is 15.7. The fourth-order valence-electron chi connectivity index (χ4n) is 3.67. The first-order valence-corrected chi connectivity index (χ1v) is 13.6. The molecule has 8 nitrogen and oxygen atoms in total. The van der Waals surface area contributed by atoms with Gasteiger partial charge in [0.05, 0.1) is 12.4 Å². The van der Waals surface area contributed by atoms with Gasteiger partial charge in [0.25, 0.3) is 11.8 Å². The number of ether oxygens (including phenoxy) is 2. The molecule has 0 atom stereocenters. The SMILES string of the molecule is CC(/C=N\NC(=O)COc1ccc(C)c(C)c1)=C\c1ccc(/C=C(C)/C=N\NC(=O)COc2ccc(C)c(C)c2)cc1. The molecule has 218 valence electrons. The Morgan fingerprint density at radius 3 is 1.36 bits per heavy atom. The number of rotatable bonds is 12. The summed E-state index contributed by atoms with van der Waals surface area (Å²) in [6.45, 7) is 11.6. The lowest BCUT2D eigenvalue weighted by atomic mass is 10.1. The summed E-state index contributed by atoms with van der Waals surface area (Å²) in [6.07, 6.45) is 7.09. The van der Waals surface area contributed by atoms with Crippen molar-refractivity contribution in [2.75, 3.05) is 13.2 Å². The Balaban J connectivity index is 1.41. The molecule has 0 heterocycles. The molecular weight excluding hydrogens is 528 g/mol. The topological polar surface area (TPSA) is 101 Å². The number of hydrogen-bond donors (Lipinski definition) is 2. The molecule has 42 heavy (non-hydrogen) atoms. The summed E-state index contributed by atoms with van der Waals surface area (Å²) in [5.74, 6) is 0.626. The minimum atomic E-state index is -0.336. The zero-order valence-corrected chi connectivity index (χ0v) is 25.0. The zero-order valence-electron chi connectivity index (χ0n) is 25.0. The molecule has 0 aromatic heterocycles. The van der Waals surface area contributed by atoms with Crippen molar-refractivity contribution in [3.8, 4) is 11.5 Å². The van der Waals surface area contributed by atoms with Gasteiger partial charge in [-0.25, -0.2) is 10.9 Å². The van der Waals surface area contributed by atoms with Crippen molar-refractivity contribution in [1.29, 1.82) is 0 Å². The molecule has 0 aliphatic carbocycles. The van der Waals surface area contributed by atoms with Crippen LogP contribution in [0.25, 0.3) is 12.2 Å². The van der Waals surface area contributed by atoms with Gasteiger partial charge in [-0.3, -0.25) is 9.59 Å². The summed E-state index contributed by atoms with van der Waals surface area (Å²) in [5, 5.41) is 8.02. The van der Waals surface area contributed by atoms with Gasteiger partial charge >= 0.3 is 0 Å². The van der Waals surface area contributed by atoms with Crippen LogP contribution in [-0.2, 0) is 9.59 Å². The van der Waals surface area contributed by atoms with Crippen molar-refractivity contribution in [2.45, 2.75) is 41.5 Å². The molecule has 8 heteroatoms. The van der Waals surface area contributed by atoms with Crippen LogP contribution in [0.3, 0.4) is 0 Å². The van der Waals surface area contributed by atoms with Crippen molar-refractivity contribution in [1.82, 2.24) is 10.9 Å². The Kier molecular flexibility index (Phi) is 11.8. The molecule has 2 N–H and O–H groups in total. The maximum absolute atomic E-state index is 12.0. The summed E-state index contributed by atoms with van der Waals surface area (Å²) in [5.41, 5.74) is 13.2. The highest BCUT2D eigenvalue weighted by Crippen LogP contribution is 2.17. The number of carbonyl (C=O) groups is 2. The maximum atomic E-state index is 12.0. The lowest BCUT2D eigenvalue weighted by molar-refractivity contribution is -0.123. The highest BCUT2D eigenvalue weighted by molar-refractivity contribution is 5.87. The molecule has 3 aromatic carbocycles. The van der Waals surface area contributed by atoms with Crippen LogP contribution in [0.2, 0.25) is 0 Å². The third kappa shape index (κ3) is 10.9. The predicted octanol–water partition coefficient (Wildman–Crippen LogP) is 6.09. The second-order valence-electron chi connectivity index (χ2n) is 10.1. The van der Waals surface area contributed by atoms with E-state index in [0.717, 1.165) is 33.4 Å². The van der Waals surface area contributed by atoms with E-state index in [0.29, 0.717) is 11.5 Å². The molecule has 0 saturated carbocycles. The number of benzene rings is 3. The number of aryl methyl sites for hydroxylation is 4. The number of amides is 2. The average molecular weight is 567 g/mol. The van der Waals surface area contributed by atoms with E-state index >= 15 is 0 Å². The van der Waals surface area contributed by atoms with E-state index in [4.69, 9.17) is 9.47 Å². The van der Waals surface area contributed by atoms with Gasteiger partial charge in [-0.05, 0) is 110 Å². The van der Waals surface area contributed by atoms with Gasteiger partial charge in [0.15, 0.2) is 13.2 Å². The highest BCUT2D eigenvalue weighted by atomic mass is 16.5. The molecule has 0 saturated heterocycles. The number of allylic oxidation sites excluding steroid dienone is 2. The van der Waals surface area contributed by atoms with Gasteiger partial charge < -0.3 is 9.47 Å². The quantitative estimate of drug-likeness (QED) is 0.205. The molecule has 2 amide bonds. The Labute approximate surface area is 247 Å². The van der Waals surface area contributed by atoms with Crippen LogP contribution in [0, 0.1) is 27.7 Å². The smallest absolute Gasteiger partial charge is 0.277 e. The highest BCUT2D eigenvalue weighted by Gasteiger charge is 2.04. The molecular formula is C34H38N4O4. The van der Waals surface area contributed by atoms with E-state index in [-0.39, 0.29) is 25.0 Å². The number of nitrogens with zero attached hydrogens (tertiary/aromatic N) is 2. The molecule has 0 aliphatic rings. The van der Waals surface area contributed by atoms with E-state index in [1.165, 1.54) is 11.1 Å². The number of carbonyl (C=O) groups excluding carboxylic acids is 2. The van der Waals surface area contributed by atoms with E-state index in [1.54, 1.807) is 12.4 Å². The van der Waals surface area contributed by atoms with Crippen LogP contribution in [0.1, 0.15) is 47.2 Å². The fourth-order valence-corrected chi connectivity index (χ4v) is 3.67. The molecule has 0 aliphatic heterocycles. The fraction of sp³-hybridized carbons (Fsp3) is 0.235. The van der Waals surface area contributed by atoms with Gasteiger partial charge in [0.2, 0.25) is 0 Å². The van der Waals surface area contributed by atoms with E-state index < -0.39 is 0 Å². The van der Waals surface area contributed by atoms with Crippen molar-refractivity contribution in [2.24, 2.45) is 10.2 Å². The normalized spacial score (nSPS) is 12.0. The second-order valence-corrected chi connectivity index (χ2v) is 10.1. The minimum absolute atomic E-state index is 0.115. The number of hydrogen-bond acceptors (Lipinski definition) is 6. The monoisotopic (exact) mass is 566 g/mol. The number of nitrogens with one attached hydrogen (secondary N) is 2. The maximum Gasteiger partial charge on any atom is 0.277 e. The van der Waals surface area contributed by atoms with E-state index in [1.807, 2.05) is 114 Å². The van der Waals surface area contributed by atoms with Crippen molar-refractivity contribution < 1.29 is 19.1 Å². The van der Waals surface area contributed by atoms with Crippen LogP contribution in [0.4, 0.5) is 0 Å². The van der Waals surface area contributed by atoms with Crippen LogP contribution in [0.15, 0.2) is 82.0 Å². The largest absolute Gasteiger partial charge is 0.484 e. The van der Waals surface area contributed by atoms with Gasteiger partial charge in [0, 0.05) is 0 Å². The summed E-state index contributed by atoms with van der Waals surface area (Å²) >= 11 is 0. The van der Waals surface area contributed by atoms with Crippen molar-refractivity contribution in [3.63, 3.8) is 0 Å². The molecule has 0 bridgehead atoms. The minimum Gasteiger partial charge on any atom is -0.484 e. The third-order valence-corrected chi connectivity index (χ3v) is 6.34. The molecule has 0 spiro atoms. The Bertz CT molecular complexity index is 1400. The molecule has 3 rings (SSSR count).